The second kappa shape index (κ2) is 10.1. The summed E-state index contributed by atoms with van der Waals surface area (Å²) in [6.07, 6.45) is 0. The summed E-state index contributed by atoms with van der Waals surface area (Å²) in [5.41, 5.74) is 2.06. The fourth-order valence-electron chi connectivity index (χ4n) is 2.76. The summed E-state index contributed by atoms with van der Waals surface area (Å²) < 4.78 is 24.2. The molecule has 3 nitrogen and oxygen atoms in total. The van der Waals surface area contributed by atoms with Crippen LogP contribution in [0.2, 0.25) is 0 Å². The third-order valence-electron chi connectivity index (χ3n) is 4.09. The molecule has 0 aromatic heterocycles. The van der Waals surface area contributed by atoms with Crippen LogP contribution in [0.5, 0.6) is 5.75 Å². The van der Waals surface area contributed by atoms with E-state index in [4.69, 9.17) is 9.47 Å². The van der Waals surface area contributed by atoms with Crippen LogP contribution in [0.4, 0.5) is 4.39 Å². The Balaban J connectivity index is 0.00000243. The molecular weight excluding hydrogens is 353 g/mol. The summed E-state index contributed by atoms with van der Waals surface area (Å²) in [6, 6.07) is 18.7. The summed E-state index contributed by atoms with van der Waals surface area (Å²) in [4.78, 5) is 0. The molecule has 26 heavy (non-hydrogen) atoms. The minimum Gasteiger partial charge on any atom is -0.489 e. The third-order valence-corrected chi connectivity index (χ3v) is 4.09. The summed E-state index contributed by atoms with van der Waals surface area (Å²) in [6.45, 7) is 2.54. The Kier molecular flexibility index (Phi) is 7.85. The van der Waals surface area contributed by atoms with Crippen molar-refractivity contribution in [2.45, 2.75) is 13.2 Å². The van der Waals surface area contributed by atoms with Crippen molar-refractivity contribution < 1.29 is 13.9 Å². The van der Waals surface area contributed by atoms with Gasteiger partial charge in [0.1, 0.15) is 18.2 Å². The van der Waals surface area contributed by atoms with Crippen LogP contribution in [0.3, 0.4) is 0 Å². The second-order valence-corrected chi connectivity index (χ2v) is 5.85. The van der Waals surface area contributed by atoms with Crippen LogP contribution < -0.4 is 10.1 Å². The number of halogens is 2. The van der Waals surface area contributed by atoms with E-state index in [1.165, 1.54) is 22.9 Å². The third kappa shape index (κ3) is 5.18. The van der Waals surface area contributed by atoms with Gasteiger partial charge in [-0.3, -0.25) is 0 Å². The van der Waals surface area contributed by atoms with E-state index in [9.17, 15) is 4.39 Å². The zero-order valence-corrected chi connectivity index (χ0v) is 15.5. The summed E-state index contributed by atoms with van der Waals surface area (Å²) >= 11 is 0. The number of hydrogen-bond donors (Lipinski definition) is 1. The second-order valence-electron chi connectivity index (χ2n) is 5.85. The molecule has 0 bridgehead atoms. The van der Waals surface area contributed by atoms with E-state index in [1.54, 1.807) is 19.2 Å². The highest BCUT2D eigenvalue weighted by molar-refractivity contribution is 5.87. The molecule has 0 saturated heterocycles. The maximum Gasteiger partial charge on any atom is 0.124 e. The molecule has 0 saturated carbocycles. The number of nitrogens with one attached hydrogen (secondary N) is 1. The van der Waals surface area contributed by atoms with E-state index in [-0.39, 0.29) is 18.2 Å². The van der Waals surface area contributed by atoms with Gasteiger partial charge in [0, 0.05) is 25.8 Å². The molecule has 138 valence electrons. The normalized spacial score (nSPS) is 10.5. The summed E-state index contributed by atoms with van der Waals surface area (Å²) in [5, 5.41) is 5.74. The molecule has 0 atom stereocenters. The van der Waals surface area contributed by atoms with E-state index in [0.29, 0.717) is 19.8 Å². The van der Waals surface area contributed by atoms with Crippen molar-refractivity contribution >= 4 is 23.2 Å². The summed E-state index contributed by atoms with van der Waals surface area (Å²) in [5.74, 6) is 0.602. The van der Waals surface area contributed by atoms with Crippen molar-refractivity contribution in [3.63, 3.8) is 0 Å². The van der Waals surface area contributed by atoms with Gasteiger partial charge >= 0.3 is 0 Å². The molecule has 3 aromatic rings. The number of methoxy groups -OCH3 is 1. The Morgan fingerprint density at radius 1 is 0.962 bits per heavy atom. The Morgan fingerprint density at radius 2 is 1.73 bits per heavy atom. The molecule has 0 fully saturated rings. The number of hydrogen-bond acceptors (Lipinski definition) is 3. The molecule has 3 rings (SSSR count). The van der Waals surface area contributed by atoms with Gasteiger partial charge in [-0.25, -0.2) is 4.39 Å². The standard InChI is InChI=1S/C21H22FNO2.ClH/c1-24-13-12-23-14-20-19-5-3-2-4-17(19)8-11-21(20)25-15-16-6-9-18(22)10-7-16;/h2-11,23H,12-15H2,1H3;1H. The average molecular weight is 376 g/mol. The lowest BCUT2D eigenvalue weighted by Gasteiger charge is -2.15. The molecule has 5 heteroatoms. The Hall–Kier alpha value is -2.14. The van der Waals surface area contributed by atoms with Crippen LogP contribution >= 0.6 is 12.4 Å². The van der Waals surface area contributed by atoms with Gasteiger partial charge < -0.3 is 14.8 Å². The van der Waals surface area contributed by atoms with Crippen LogP contribution in [-0.4, -0.2) is 20.3 Å². The van der Waals surface area contributed by atoms with Crippen LogP contribution in [-0.2, 0) is 17.9 Å². The smallest absolute Gasteiger partial charge is 0.124 e. The fraction of sp³-hybridized carbons (Fsp3) is 0.238. The monoisotopic (exact) mass is 375 g/mol. The first-order valence-electron chi connectivity index (χ1n) is 8.35. The van der Waals surface area contributed by atoms with Gasteiger partial charge in [-0.15, -0.1) is 12.4 Å². The van der Waals surface area contributed by atoms with E-state index in [0.717, 1.165) is 23.4 Å². The highest BCUT2D eigenvalue weighted by Crippen LogP contribution is 2.28. The van der Waals surface area contributed by atoms with Gasteiger partial charge in [0.25, 0.3) is 0 Å². The van der Waals surface area contributed by atoms with E-state index in [2.05, 4.69) is 23.5 Å². The molecule has 0 unspecified atom stereocenters. The highest BCUT2D eigenvalue weighted by atomic mass is 35.5. The molecule has 0 aliphatic heterocycles. The lowest BCUT2D eigenvalue weighted by atomic mass is 10.0. The lowest BCUT2D eigenvalue weighted by Crippen LogP contribution is -2.19. The maximum absolute atomic E-state index is 13.0. The first-order valence-corrected chi connectivity index (χ1v) is 8.35. The van der Waals surface area contributed by atoms with Crippen LogP contribution in [0.1, 0.15) is 11.1 Å². The minimum atomic E-state index is -0.238. The van der Waals surface area contributed by atoms with Gasteiger partial charge in [-0.05, 0) is 34.5 Å². The predicted molar refractivity (Wildman–Crippen MR) is 106 cm³/mol. The van der Waals surface area contributed by atoms with Gasteiger partial charge in [-0.1, -0.05) is 42.5 Å². The van der Waals surface area contributed by atoms with Crippen molar-refractivity contribution in [2.24, 2.45) is 0 Å². The Morgan fingerprint density at radius 3 is 2.50 bits per heavy atom. The molecule has 0 heterocycles. The fourth-order valence-corrected chi connectivity index (χ4v) is 2.76. The quantitative estimate of drug-likeness (QED) is 0.578. The largest absolute Gasteiger partial charge is 0.489 e. The maximum atomic E-state index is 13.0. The lowest BCUT2D eigenvalue weighted by molar-refractivity contribution is 0.199. The van der Waals surface area contributed by atoms with Crippen LogP contribution in [0.25, 0.3) is 10.8 Å². The molecular formula is C21H23ClFNO2. The average Bonchev–Trinajstić information content (AvgIpc) is 2.65. The van der Waals surface area contributed by atoms with Crippen LogP contribution in [0.15, 0.2) is 60.7 Å². The van der Waals surface area contributed by atoms with Gasteiger partial charge in [0.15, 0.2) is 0 Å². The Bertz CT molecular complexity index is 824. The predicted octanol–water partition coefficient (Wildman–Crippen LogP) is 4.72. The highest BCUT2D eigenvalue weighted by Gasteiger charge is 2.09. The van der Waals surface area contributed by atoms with Gasteiger partial charge in [0.05, 0.1) is 6.61 Å². The van der Waals surface area contributed by atoms with E-state index in [1.807, 2.05) is 18.2 Å². The van der Waals surface area contributed by atoms with Gasteiger partial charge in [-0.2, -0.15) is 0 Å². The minimum absolute atomic E-state index is 0. The zero-order chi connectivity index (χ0) is 17.5. The molecule has 0 radical (unpaired) electrons. The van der Waals surface area contributed by atoms with E-state index < -0.39 is 0 Å². The van der Waals surface area contributed by atoms with Crippen molar-refractivity contribution in [1.82, 2.24) is 5.32 Å². The van der Waals surface area contributed by atoms with Crippen molar-refractivity contribution in [3.8, 4) is 5.75 Å². The molecule has 0 spiro atoms. The number of rotatable bonds is 8. The molecule has 1 N–H and O–H groups in total. The van der Waals surface area contributed by atoms with Crippen LogP contribution in [0, 0.1) is 5.82 Å². The topological polar surface area (TPSA) is 30.5 Å². The summed E-state index contributed by atoms with van der Waals surface area (Å²) in [7, 11) is 1.69. The van der Waals surface area contributed by atoms with Crippen molar-refractivity contribution in [1.29, 1.82) is 0 Å². The molecule has 0 aliphatic carbocycles. The molecule has 3 aromatic carbocycles. The SMILES string of the molecule is COCCNCc1c(OCc2ccc(F)cc2)ccc2ccccc12.Cl. The number of benzene rings is 3. The van der Waals surface area contributed by atoms with Crippen molar-refractivity contribution in [2.75, 3.05) is 20.3 Å². The number of ether oxygens (including phenoxy) is 2. The first kappa shape index (κ1) is 20.2. The van der Waals surface area contributed by atoms with Gasteiger partial charge in [0.2, 0.25) is 0 Å². The first-order chi connectivity index (χ1) is 12.3. The zero-order valence-electron chi connectivity index (χ0n) is 14.7. The van der Waals surface area contributed by atoms with E-state index >= 15 is 0 Å². The molecule has 0 amide bonds. The van der Waals surface area contributed by atoms with Crippen molar-refractivity contribution in [3.05, 3.63) is 77.6 Å². The Labute approximate surface area is 159 Å². The number of fused-ring (bicyclic) bond motifs is 1. The molecule has 0 aliphatic rings.